The van der Waals surface area contributed by atoms with E-state index in [0.717, 1.165) is 22.9 Å². The highest BCUT2D eigenvalue weighted by Gasteiger charge is 2.40. The molecule has 26 heavy (non-hydrogen) atoms. The maximum absolute atomic E-state index is 9.21. The van der Waals surface area contributed by atoms with E-state index in [-0.39, 0.29) is 5.92 Å². The second kappa shape index (κ2) is 6.82. The number of hydrogen-bond acceptors (Lipinski definition) is 6. The Bertz CT molecular complexity index is 928. The van der Waals surface area contributed by atoms with Gasteiger partial charge in [-0.05, 0) is 17.7 Å². The molecule has 0 saturated carbocycles. The number of amidine groups is 1. The van der Waals surface area contributed by atoms with E-state index in [1.54, 1.807) is 5.01 Å². The number of benzene rings is 2. The number of nitriles is 1. The molecule has 0 radical (unpaired) electrons. The van der Waals surface area contributed by atoms with Gasteiger partial charge in [0, 0.05) is 6.20 Å². The SMILES string of the molecule is N#CC1=CN=C2C(c3ccccc3)C(COc3ccccc3)=NN2C1N. The van der Waals surface area contributed by atoms with E-state index in [9.17, 15) is 5.26 Å². The Hall–Kier alpha value is -3.43. The van der Waals surface area contributed by atoms with Crippen molar-refractivity contribution in [1.29, 1.82) is 5.26 Å². The quantitative estimate of drug-likeness (QED) is 0.924. The molecular weight excluding hydrogens is 326 g/mol. The van der Waals surface area contributed by atoms with E-state index in [1.165, 1.54) is 6.20 Å². The van der Waals surface area contributed by atoms with Crippen LogP contribution >= 0.6 is 0 Å². The average molecular weight is 343 g/mol. The van der Waals surface area contributed by atoms with Crippen LogP contribution in [0.25, 0.3) is 0 Å². The Morgan fingerprint density at radius 1 is 1.08 bits per heavy atom. The van der Waals surface area contributed by atoms with E-state index in [0.29, 0.717) is 12.2 Å². The molecule has 2 N–H and O–H groups in total. The summed E-state index contributed by atoms with van der Waals surface area (Å²) < 4.78 is 5.90. The topological polar surface area (TPSA) is 87.0 Å². The summed E-state index contributed by atoms with van der Waals surface area (Å²) in [5.41, 5.74) is 8.44. The van der Waals surface area contributed by atoms with Gasteiger partial charge in [-0.1, -0.05) is 48.5 Å². The number of nitrogens with zero attached hydrogens (tertiary/aromatic N) is 4. The third-order valence-electron chi connectivity index (χ3n) is 4.37. The summed E-state index contributed by atoms with van der Waals surface area (Å²) in [4.78, 5) is 4.47. The van der Waals surface area contributed by atoms with Crippen molar-refractivity contribution in [2.75, 3.05) is 6.61 Å². The fourth-order valence-electron chi connectivity index (χ4n) is 3.08. The van der Waals surface area contributed by atoms with Crippen LogP contribution in [0.5, 0.6) is 5.75 Å². The molecule has 4 rings (SSSR count). The molecule has 0 aliphatic carbocycles. The minimum atomic E-state index is -0.632. The summed E-state index contributed by atoms with van der Waals surface area (Å²) in [6.07, 6.45) is 0.899. The van der Waals surface area contributed by atoms with Crippen LogP contribution in [0.4, 0.5) is 0 Å². The van der Waals surface area contributed by atoms with E-state index in [4.69, 9.17) is 10.5 Å². The van der Waals surface area contributed by atoms with Crippen molar-refractivity contribution in [1.82, 2.24) is 5.01 Å². The first kappa shape index (κ1) is 16.1. The maximum Gasteiger partial charge on any atom is 0.140 e. The van der Waals surface area contributed by atoms with Crippen molar-refractivity contribution < 1.29 is 4.74 Å². The summed E-state index contributed by atoms with van der Waals surface area (Å²) in [6.45, 7) is 0.313. The normalized spacial score (nSPS) is 21.2. The fourth-order valence-corrected chi connectivity index (χ4v) is 3.08. The molecule has 2 aliphatic heterocycles. The first-order valence-electron chi connectivity index (χ1n) is 8.31. The molecule has 0 aromatic heterocycles. The third kappa shape index (κ3) is 2.85. The van der Waals surface area contributed by atoms with Crippen LogP contribution in [0, 0.1) is 11.3 Å². The largest absolute Gasteiger partial charge is 0.488 e. The monoisotopic (exact) mass is 343 g/mol. The Kier molecular flexibility index (Phi) is 4.22. The van der Waals surface area contributed by atoms with Crippen molar-refractivity contribution in [2.24, 2.45) is 15.8 Å². The minimum absolute atomic E-state index is 0.151. The fraction of sp³-hybridized carbons (Fsp3) is 0.150. The van der Waals surface area contributed by atoms with Crippen molar-refractivity contribution in [3.8, 4) is 11.8 Å². The first-order valence-corrected chi connectivity index (χ1v) is 8.31. The molecule has 0 spiro atoms. The molecule has 0 bridgehead atoms. The van der Waals surface area contributed by atoms with Crippen molar-refractivity contribution >= 4 is 11.5 Å². The number of hydrazone groups is 1. The number of fused-ring (bicyclic) bond motifs is 1. The lowest BCUT2D eigenvalue weighted by molar-refractivity contribution is 0.360. The Balaban J connectivity index is 1.67. The second-order valence-electron chi connectivity index (χ2n) is 6.01. The number of nitrogens with two attached hydrogens (primary N) is 1. The van der Waals surface area contributed by atoms with E-state index in [1.807, 2.05) is 60.7 Å². The predicted octanol–water partition coefficient (Wildman–Crippen LogP) is 2.63. The summed E-state index contributed by atoms with van der Waals surface area (Å²) in [6, 6.07) is 21.7. The van der Waals surface area contributed by atoms with Gasteiger partial charge in [0.15, 0.2) is 0 Å². The molecule has 6 heteroatoms. The van der Waals surface area contributed by atoms with Crippen LogP contribution in [0.2, 0.25) is 0 Å². The zero-order chi connectivity index (χ0) is 17.9. The van der Waals surface area contributed by atoms with Gasteiger partial charge in [0.25, 0.3) is 0 Å². The maximum atomic E-state index is 9.21. The highest BCUT2D eigenvalue weighted by atomic mass is 16.5. The van der Waals surface area contributed by atoms with Crippen LogP contribution in [-0.2, 0) is 0 Å². The molecule has 2 unspecified atom stereocenters. The molecule has 2 aliphatic rings. The minimum Gasteiger partial charge on any atom is -0.488 e. The molecule has 0 amide bonds. The number of para-hydroxylation sites is 1. The Morgan fingerprint density at radius 3 is 2.46 bits per heavy atom. The predicted molar refractivity (Wildman–Crippen MR) is 99.5 cm³/mol. The summed E-state index contributed by atoms with van der Waals surface area (Å²) in [5.74, 6) is 1.34. The van der Waals surface area contributed by atoms with Gasteiger partial charge in [-0.3, -0.25) is 0 Å². The third-order valence-corrected chi connectivity index (χ3v) is 4.37. The molecule has 2 aromatic carbocycles. The van der Waals surface area contributed by atoms with E-state index >= 15 is 0 Å². The van der Waals surface area contributed by atoms with Crippen molar-refractivity contribution in [3.05, 3.63) is 78.0 Å². The van der Waals surface area contributed by atoms with Crippen LogP contribution < -0.4 is 10.5 Å². The molecule has 0 saturated heterocycles. The van der Waals surface area contributed by atoms with Gasteiger partial charge < -0.3 is 10.5 Å². The van der Waals surface area contributed by atoms with Gasteiger partial charge in [0.05, 0.1) is 17.2 Å². The molecular formula is C20H17N5O. The van der Waals surface area contributed by atoms with Crippen LogP contribution in [0.3, 0.4) is 0 Å². The Labute approximate surface area is 151 Å². The highest BCUT2D eigenvalue weighted by Crippen LogP contribution is 2.32. The first-order chi connectivity index (χ1) is 12.8. The average Bonchev–Trinajstić information content (AvgIpc) is 3.07. The van der Waals surface area contributed by atoms with Crippen molar-refractivity contribution in [2.45, 2.75) is 12.1 Å². The lowest BCUT2D eigenvalue weighted by Crippen LogP contribution is -2.44. The molecule has 0 fully saturated rings. The van der Waals surface area contributed by atoms with Crippen molar-refractivity contribution in [3.63, 3.8) is 0 Å². The molecule has 2 heterocycles. The molecule has 6 nitrogen and oxygen atoms in total. The molecule has 2 atom stereocenters. The van der Waals surface area contributed by atoms with Gasteiger partial charge in [-0.2, -0.15) is 10.4 Å². The van der Waals surface area contributed by atoms with Gasteiger partial charge in [0.2, 0.25) is 0 Å². The Morgan fingerprint density at radius 2 is 1.77 bits per heavy atom. The van der Waals surface area contributed by atoms with Crippen LogP contribution in [0.1, 0.15) is 11.5 Å². The smallest absolute Gasteiger partial charge is 0.140 e. The van der Waals surface area contributed by atoms with Crippen LogP contribution in [-0.4, -0.2) is 29.3 Å². The van der Waals surface area contributed by atoms with Gasteiger partial charge in [-0.25, -0.2) is 10.0 Å². The summed E-state index contributed by atoms with van der Waals surface area (Å²) in [5, 5.41) is 15.5. The van der Waals surface area contributed by atoms with Crippen LogP contribution in [0.15, 0.2) is 82.5 Å². The van der Waals surface area contributed by atoms with Gasteiger partial charge in [0.1, 0.15) is 30.4 Å². The number of ether oxygens (including phenoxy) is 1. The molecule has 128 valence electrons. The zero-order valence-electron chi connectivity index (χ0n) is 14.0. The lowest BCUT2D eigenvalue weighted by atomic mass is 9.93. The highest BCUT2D eigenvalue weighted by molar-refractivity contribution is 6.16. The summed E-state index contributed by atoms with van der Waals surface area (Å²) >= 11 is 0. The lowest BCUT2D eigenvalue weighted by Gasteiger charge is -2.26. The standard InChI is InChI=1S/C20H17N5O/c21-11-15-12-23-20-18(14-7-3-1-4-8-14)17(24-25(20)19(15)22)13-26-16-9-5-2-6-10-16/h1-10,12,18-19H,13,22H2. The van der Waals surface area contributed by atoms with Gasteiger partial charge in [-0.15, -0.1) is 0 Å². The number of hydrogen-bond donors (Lipinski definition) is 1. The zero-order valence-corrected chi connectivity index (χ0v) is 14.0. The second-order valence-corrected chi connectivity index (χ2v) is 6.01. The summed E-state index contributed by atoms with van der Waals surface area (Å²) in [7, 11) is 0. The van der Waals surface area contributed by atoms with E-state index < -0.39 is 6.17 Å². The number of aliphatic imine (C=N–C) groups is 1. The van der Waals surface area contributed by atoms with E-state index in [2.05, 4.69) is 16.2 Å². The van der Waals surface area contributed by atoms with Gasteiger partial charge >= 0.3 is 0 Å². The molecule has 2 aromatic rings. The number of rotatable bonds is 4.